The number of likely N-dealkylation sites (tertiary alicyclic amines) is 2. The number of hydrogen-bond acceptors (Lipinski definition) is 6. The van der Waals surface area contributed by atoms with Crippen molar-refractivity contribution >= 4 is 5.91 Å². The molecule has 30 heavy (non-hydrogen) atoms. The number of carbonyl (C=O) groups is 1. The molecule has 3 aromatic rings. The van der Waals surface area contributed by atoms with Crippen molar-refractivity contribution in [2.24, 2.45) is 5.41 Å². The van der Waals surface area contributed by atoms with Crippen molar-refractivity contribution in [2.45, 2.75) is 12.5 Å². The highest BCUT2D eigenvalue weighted by molar-refractivity contribution is 5.78. The number of para-hydroxylation sites is 1. The molecule has 1 atom stereocenters. The van der Waals surface area contributed by atoms with E-state index in [0.717, 1.165) is 31.6 Å². The quantitative estimate of drug-likeness (QED) is 0.651. The van der Waals surface area contributed by atoms with Crippen molar-refractivity contribution in [3.8, 4) is 17.2 Å². The minimum atomic E-state index is 0.0275. The third-order valence-corrected chi connectivity index (χ3v) is 6.00. The molecule has 1 aromatic heterocycles. The third kappa shape index (κ3) is 3.57. The largest absolute Gasteiger partial charge is 0.484 e. The normalized spacial score (nSPS) is 20.3. The summed E-state index contributed by atoms with van der Waals surface area (Å²) in [6.07, 6.45) is 0.906. The van der Waals surface area contributed by atoms with Gasteiger partial charge in [-0.05, 0) is 37.7 Å². The van der Waals surface area contributed by atoms with E-state index in [9.17, 15) is 4.79 Å². The molecule has 1 spiro atoms. The lowest BCUT2D eigenvalue weighted by molar-refractivity contribution is -0.144. The third-order valence-electron chi connectivity index (χ3n) is 6.00. The molecule has 7 nitrogen and oxygen atoms in total. The highest BCUT2D eigenvalue weighted by atomic mass is 16.5. The minimum absolute atomic E-state index is 0.0275. The van der Waals surface area contributed by atoms with Crippen LogP contribution in [0.15, 0.2) is 65.1 Å². The topological polar surface area (TPSA) is 71.7 Å². The van der Waals surface area contributed by atoms with Crippen molar-refractivity contribution in [3.05, 3.63) is 66.6 Å². The molecule has 5 rings (SSSR count). The van der Waals surface area contributed by atoms with Gasteiger partial charge in [0.05, 0.1) is 6.04 Å². The Hall–Kier alpha value is -3.19. The average molecular weight is 404 g/mol. The molecule has 0 bridgehead atoms. The van der Waals surface area contributed by atoms with Crippen molar-refractivity contribution < 1.29 is 13.9 Å². The summed E-state index contributed by atoms with van der Waals surface area (Å²) in [7, 11) is 2.08. The molecule has 2 fully saturated rings. The number of aromatic nitrogens is 2. The Bertz CT molecular complexity index is 1020. The Labute approximate surface area is 175 Å². The maximum absolute atomic E-state index is 12.5. The van der Waals surface area contributed by atoms with Crippen LogP contribution in [-0.2, 0) is 4.79 Å². The zero-order chi connectivity index (χ0) is 20.6. The van der Waals surface area contributed by atoms with Gasteiger partial charge in [0.2, 0.25) is 11.8 Å². The van der Waals surface area contributed by atoms with Gasteiger partial charge < -0.3 is 14.1 Å². The molecule has 0 N–H and O–H groups in total. The second kappa shape index (κ2) is 7.57. The summed E-state index contributed by atoms with van der Waals surface area (Å²) >= 11 is 0. The Morgan fingerprint density at radius 2 is 1.77 bits per heavy atom. The number of ether oxygens (including phenoxy) is 1. The van der Waals surface area contributed by atoms with Crippen molar-refractivity contribution in [1.82, 2.24) is 20.0 Å². The molecule has 1 unspecified atom stereocenters. The van der Waals surface area contributed by atoms with E-state index in [2.05, 4.69) is 22.1 Å². The average Bonchev–Trinajstić information content (AvgIpc) is 3.37. The van der Waals surface area contributed by atoms with Crippen LogP contribution in [0.25, 0.3) is 11.5 Å². The number of hydrogen-bond donors (Lipinski definition) is 0. The molecule has 1 amide bonds. The van der Waals surface area contributed by atoms with Crippen LogP contribution in [0.1, 0.15) is 18.4 Å². The lowest BCUT2D eigenvalue weighted by Crippen LogP contribution is -2.60. The Morgan fingerprint density at radius 3 is 2.50 bits per heavy atom. The van der Waals surface area contributed by atoms with E-state index in [4.69, 9.17) is 9.15 Å². The van der Waals surface area contributed by atoms with Crippen molar-refractivity contribution in [2.75, 3.05) is 33.3 Å². The lowest BCUT2D eigenvalue weighted by Gasteiger charge is -2.48. The molecular weight excluding hydrogens is 380 g/mol. The highest BCUT2D eigenvalue weighted by Gasteiger charge is 2.53. The number of rotatable bonds is 5. The minimum Gasteiger partial charge on any atom is -0.484 e. The Kier molecular flexibility index (Phi) is 4.75. The van der Waals surface area contributed by atoms with Gasteiger partial charge in [0, 0.05) is 30.6 Å². The zero-order valence-electron chi connectivity index (χ0n) is 16.9. The fourth-order valence-corrected chi connectivity index (χ4v) is 4.53. The van der Waals surface area contributed by atoms with E-state index in [1.807, 2.05) is 65.6 Å². The van der Waals surface area contributed by atoms with Gasteiger partial charge in [0.1, 0.15) is 5.75 Å². The summed E-state index contributed by atoms with van der Waals surface area (Å²) in [6, 6.07) is 19.3. The highest BCUT2D eigenvalue weighted by Crippen LogP contribution is 2.47. The van der Waals surface area contributed by atoms with Crippen LogP contribution in [-0.4, -0.2) is 59.2 Å². The number of carbonyl (C=O) groups excluding carboxylic acids is 1. The fraction of sp³-hybridized carbons (Fsp3) is 0.348. The van der Waals surface area contributed by atoms with Crippen LogP contribution in [0.5, 0.6) is 5.75 Å². The van der Waals surface area contributed by atoms with Crippen LogP contribution < -0.4 is 4.74 Å². The first kappa shape index (κ1) is 18.8. The van der Waals surface area contributed by atoms with Gasteiger partial charge in [0.15, 0.2) is 6.61 Å². The molecule has 3 heterocycles. The van der Waals surface area contributed by atoms with Crippen molar-refractivity contribution in [3.63, 3.8) is 0 Å². The molecule has 2 aromatic carbocycles. The second-order valence-corrected chi connectivity index (χ2v) is 8.30. The van der Waals surface area contributed by atoms with Crippen LogP contribution in [0, 0.1) is 5.41 Å². The van der Waals surface area contributed by atoms with E-state index in [0.29, 0.717) is 17.5 Å². The molecule has 2 aliphatic heterocycles. The zero-order valence-corrected chi connectivity index (χ0v) is 16.9. The smallest absolute Gasteiger partial charge is 0.260 e. The number of amides is 1. The summed E-state index contributed by atoms with van der Waals surface area (Å²) in [6.45, 7) is 2.46. The molecule has 2 saturated heterocycles. The maximum Gasteiger partial charge on any atom is 0.260 e. The van der Waals surface area contributed by atoms with E-state index in [1.165, 1.54) is 0 Å². The lowest BCUT2D eigenvalue weighted by atomic mass is 9.77. The maximum atomic E-state index is 12.5. The first-order valence-corrected chi connectivity index (χ1v) is 10.2. The molecule has 0 saturated carbocycles. The van der Waals surface area contributed by atoms with Gasteiger partial charge in [-0.3, -0.25) is 9.69 Å². The summed E-state index contributed by atoms with van der Waals surface area (Å²) in [5.41, 5.74) is 1.01. The van der Waals surface area contributed by atoms with Crippen LogP contribution in [0.3, 0.4) is 0 Å². The molecule has 0 radical (unpaired) electrons. The van der Waals surface area contributed by atoms with Crippen molar-refractivity contribution in [1.29, 1.82) is 0 Å². The van der Waals surface area contributed by atoms with Gasteiger partial charge >= 0.3 is 0 Å². The van der Waals surface area contributed by atoms with E-state index >= 15 is 0 Å². The molecule has 7 heteroatoms. The van der Waals surface area contributed by atoms with E-state index < -0.39 is 0 Å². The standard InChI is InChI=1S/C23H24N4O3/c1-26-14-23(15-27(16-23)20(28)13-29-18-10-6-3-7-11-18)12-19(26)22-25-24-21(30-22)17-8-4-2-5-9-17/h2-11,19H,12-16H2,1H3. The number of benzene rings is 2. The van der Waals surface area contributed by atoms with Gasteiger partial charge in [0.25, 0.3) is 5.91 Å². The first-order chi connectivity index (χ1) is 14.6. The molecular formula is C23H24N4O3. The fourth-order valence-electron chi connectivity index (χ4n) is 4.53. The Balaban J connectivity index is 1.19. The predicted octanol–water partition coefficient (Wildman–Crippen LogP) is 3.02. The van der Waals surface area contributed by atoms with Crippen LogP contribution >= 0.6 is 0 Å². The molecule has 154 valence electrons. The molecule has 0 aliphatic carbocycles. The SMILES string of the molecule is CN1CC2(CC1c1nnc(-c3ccccc3)o1)CN(C(=O)COc1ccccc1)C2. The van der Waals surface area contributed by atoms with E-state index in [-0.39, 0.29) is 24.0 Å². The predicted molar refractivity (Wildman–Crippen MR) is 111 cm³/mol. The summed E-state index contributed by atoms with van der Waals surface area (Å²) in [5, 5.41) is 8.54. The van der Waals surface area contributed by atoms with Gasteiger partial charge in [-0.25, -0.2) is 0 Å². The van der Waals surface area contributed by atoms with Crippen LogP contribution in [0.4, 0.5) is 0 Å². The van der Waals surface area contributed by atoms with Gasteiger partial charge in [-0.1, -0.05) is 36.4 Å². The Morgan fingerprint density at radius 1 is 1.07 bits per heavy atom. The number of nitrogens with zero attached hydrogens (tertiary/aromatic N) is 4. The van der Waals surface area contributed by atoms with E-state index in [1.54, 1.807) is 0 Å². The van der Waals surface area contributed by atoms with Crippen LogP contribution in [0.2, 0.25) is 0 Å². The second-order valence-electron chi connectivity index (χ2n) is 8.30. The van der Waals surface area contributed by atoms with Gasteiger partial charge in [-0.15, -0.1) is 10.2 Å². The summed E-state index contributed by atoms with van der Waals surface area (Å²) in [4.78, 5) is 16.6. The monoisotopic (exact) mass is 404 g/mol. The summed E-state index contributed by atoms with van der Waals surface area (Å²) in [5.74, 6) is 1.93. The molecule has 2 aliphatic rings. The summed E-state index contributed by atoms with van der Waals surface area (Å²) < 4.78 is 11.6. The first-order valence-electron chi connectivity index (χ1n) is 10.2. The van der Waals surface area contributed by atoms with Gasteiger partial charge in [-0.2, -0.15) is 0 Å².